The number of aromatic nitrogens is 2. The molecule has 0 unspecified atom stereocenters. The number of hydrogen-bond acceptors (Lipinski definition) is 4. The van der Waals surface area contributed by atoms with E-state index in [4.69, 9.17) is 16.3 Å². The van der Waals surface area contributed by atoms with Gasteiger partial charge in [-0.25, -0.2) is 5.43 Å². The number of benzene rings is 3. The monoisotopic (exact) mass is 446 g/mol. The molecule has 1 amide bonds. The van der Waals surface area contributed by atoms with Crippen LogP contribution in [0.15, 0.2) is 71.8 Å². The fraction of sp³-hybridized carbons (Fsp3) is 0.160. The lowest BCUT2D eigenvalue weighted by molar-refractivity contribution is -0.123. The van der Waals surface area contributed by atoms with Crippen molar-refractivity contribution in [1.82, 2.24) is 15.2 Å². The average molecular weight is 447 g/mol. The van der Waals surface area contributed by atoms with Crippen LogP contribution in [0.5, 0.6) is 5.75 Å². The minimum absolute atomic E-state index is 0.126. The molecule has 0 radical (unpaired) electrons. The summed E-state index contributed by atoms with van der Waals surface area (Å²) in [6.45, 7) is 4.30. The first-order chi connectivity index (χ1) is 15.5. The van der Waals surface area contributed by atoms with E-state index in [1.165, 1.54) is 0 Å². The number of amides is 1. The van der Waals surface area contributed by atoms with Gasteiger partial charge in [-0.1, -0.05) is 60.1 Å². The largest absolute Gasteiger partial charge is 0.484 e. The zero-order chi connectivity index (χ0) is 22.5. The summed E-state index contributed by atoms with van der Waals surface area (Å²) in [6, 6.07) is 21.4. The molecule has 0 bridgehead atoms. The summed E-state index contributed by atoms with van der Waals surface area (Å²) < 4.78 is 7.47. The third-order valence-corrected chi connectivity index (χ3v) is 5.56. The lowest BCUT2D eigenvalue weighted by atomic mass is 10.1. The Morgan fingerprint density at radius 1 is 1.09 bits per heavy atom. The van der Waals surface area contributed by atoms with Gasteiger partial charge in [-0.05, 0) is 48.4 Å². The Hall–Kier alpha value is -3.64. The van der Waals surface area contributed by atoms with Gasteiger partial charge in [0.1, 0.15) is 5.75 Å². The van der Waals surface area contributed by atoms with E-state index in [-0.39, 0.29) is 12.5 Å². The maximum Gasteiger partial charge on any atom is 0.277 e. The minimum atomic E-state index is -0.340. The van der Waals surface area contributed by atoms with E-state index in [1.807, 2.05) is 85.3 Å². The Balaban J connectivity index is 1.35. The maximum atomic E-state index is 12.1. The van der Waals surface area contributed by atoms with Gasteiger partial charge in [-0.15, -0.1) is 0 Å². The minimum Gasteiger partial charge on any atom is -0.484 e. The summed E-state index contributed by atoms with van der Waals surface area (Å²) in [5.41, 5.74) is 6.11. The number of rotatable bonds is 7. The standard InChI is InChI=1S/C25H23ClN4O2/c1-17-23(18(2)30(29-17)15-21-9-5-6-10-24(21)26)14-27-28-25(31)16-32-22-12-11-19-7-3-4-8-20(19)13-22/h3-14H,15-16H2,1-2H3,(H,28,31)/b27-14+. The fourth-order valence-corrected chi connectivity index (χ4v) is 3.64. The molecule has 0 saturated heterocycles. The second kappa shape index (κ2) is 9.66. The summed E-state index contributed by atoms with van der Waals surface area (Å²) in [5, 5.41) is 11.5. The third kappa shape index (κ3) is 4.98. The Bertz CT molecular complexity index is 1300. The Kier molecular flexibility index (Phi) is 6.52. The maximum absolute atomic E-state index is 12.1. The van der Waals surface area contributed by atoms with Crippen molar-refractivity contribution in [2.45, 2.75) is 20.4 Å². The van der Waals surface area contributed by atoms with E-state index >= 15 is 0 Å². The van der Waals surface area contributed by atoms with Crippen LogP contribution in [0.2, 0.25) is 5.02 Å². The molecule has 4 rings (SSSR count). The van der Waals surface area contributed by atoms with Crippen molar-refractivity contribution in [1.29, 1.82) is 0 Å². The first kappa shape index (κ1) is 21.6. The Morgan fingerprint density at radius 2 is 1.84 bits per heavy atom. The van der Waals surface area contributed by atoms with Gasteiger partial charge in [-0.2, -0.15) is 10.2 Å². The van der Waals surface area contributed by atoms with Crippen LogP contribution < -0.4 is 10.2 Å². The first-order valence-corrected chi connectivity index (χ1v) is 10.6. The molecule has 0 aliphatic carbocycles. The van der Waals surface area contributed by atoms with E-state index < -0.39 is 0 Å². The van der Waals surface area contributed by atoms with Crippen LogP contribution in [0, 0.1) is 13.8 Å². The van der Waals surface area contributed by atoms with E-state index in [1.54, 1.807) is 6.21 Å². The van der Waals surface area contributed by atoms with E-state index in [0.29, 0.717) is 17.3 Å². The third-order valence-electron chi connectivity index (χ3n) is 5.19. The molecular weight excluding hydrogens is 424 g/mol. The van der Waals surface area contributed by atoms with Crippen LogP contribution in [0.4, 0.5) is 0 Å². The van der Waals surface area contributed by atoms with Crippen LogP contribution in [-0.4, -0.2) is 28.5 Å². The molecule has 1 N–H and O–H groups in total. The van der Waals surface area contributed by atoms with Crippen LogP contribution in [-0.2, 0) is 11.3 Å². The van der Waals surface area contributed by atoms with Crippen molar-refractivity contribution in [3.63, 3.8) is 0 Å². The number of ether oxygens (including phenoxy) is 1. The van der Waals surface area contributed by atoms with Crippen LogP contribution >= 0.6 is 11.6 Å². The molecule has 3 aromatic carbocycles. The van der Waals surface area contributed by atoms with Gasteiger partial charge in [0.2, 0.25) is 0 Å². The molecule has 6 nitrogen and oxygen atoms in total. The molecule has 0 aliphatic heterocycles. The average Bonchev–Trinajstić information content (AvgIpc) is 3.06. The zero-order valence-electron chi connectivity index (χ0n) is 17.9. The van der Waals surface area contributed by atoms with Gasteiger partial charge in [0.05, 0.1) is 18.5 Å². The number of hydrogen-bond donors (Lipinski definition) is 1. The number of nitrogens with one attached hydrogen (secondary N) is 1. The van der Waals surface area contributed by atoms with E-state index in [9.17, 15) is 4.79 Å². The van der Waals surface area contributed by atoms with Crippen molar-refractivity contribution < 1.29 is 9.53 Å². The molecule has 0 saturated carbocycles. The number of carbonyl (C=O) groups is 1. The SMILES string of the molecule is Cc1nn(Cc2ccccc2Cl)c(C)c1/C=N/NC(=O)COc1ccc2ccccc2c1. The number of halogens is 1. The fourth-order valence-electron chi connectivity index (χ4n) is 3.45. The Labute approximate surface area is 191 Å². The van der Waals surface area contributed by atoms with Gasteiger partial charge < -0.3 is 4.74 Å². The Morgan fingerprint density at radius 3 is 2.66 bits per heavy atom. The van der Waals surface area contributed by atoms with Crippen LogP contribution in [0.25, 0.3) is 10.8 Å². The molecule has 32 heavy (non-hydrogen) atoms. The van der Waals surface area contributed by atoms with Gasteiger partial charge in [0.25, 0.3) is 5.91 Å². The predicted octanol–water partition coefficient (Wildman–Crippen LogP) is 4.88. The quantitative estimate of drug-likeness (QED) is 0.325. The second-order valence-corrected chi connectivity index (χ2v) is 7.83. The summed E-state index contributed by atoms with van der Waals surface area (Å²) in [6.07, 6.45) is 1.61. The smallest absolute Gasteiger partial charge is 0.277 e. The van der Waals surface area contributed by atoms with Crippen LogP contribution in [0.3, 0.4) is 0 Å². The topological polar surface area (TPSA) is 68.5 Å². The molecule has 0 spiro atoms. The summed E-state index contributed by atoms with van der Waals surface area (Å²) in [5.74, 6) is 0.295. The summed E-state index contributed by atoms with van der Waals surface area (Å²) in [4.78, 5) is 12.1. The number of nitrogens with zero attached hydrogens (tertiary/aromatic N) is 3. The van der Waals surface area contributed by atoms with Crippen molar-refractivity contribution >= 4 is 34.5 Å². The number of hydrazone groups is 1. The molecular formula is C25H23ClN4O2. The highest BCUT2D eigenvalue weighted by Crippen LogP contribution is 2.21. The number of carbonyl (C=O) groups excluding carboxylic acids is 1. The molecule has 0 atom stereocenters. The van der Waals surface area contributed by atoms with Crippen LogP contribution in [0.1, 0.15) is 22.5 Å². The van der Waals surface area contributed by atoms with Crippen molar-refractivity contribution in [3.05, 3.63) is 94.3 Å². The van der Waals surface area contributed by atoms with Crippen molar-refractivity contribution in [3.8, 4) is 5.75 Å². The molecule has 7 heteroatoms. The van der Waals surface area contributed by atoms with Crippen molar-refractivity contribution in [2.75, 3.05) is 6.61 Å². The summed E-state index contributed by atoms with van der Waals surface area (Å²) >= 11 is 6.27. The van der Waals surface area contributed by atoms with E-state index in [0.717, 1.165) is 33.3 Å². The zero-order valence-corrected chi connectivity index (χ0v) is 18.6. The highest BCUT2D eigenvalue weighted by atomic mass is 35.5. The van der Waals surface area contributed by atoms with E-state index in [2.05, 4.69) is 15.6 Å². The van der Waals surface area contributed by atoms with Gasteiger partial charge in [0.15, 0.2) is 6.61 Å². The molecule has 1 aromatic heterocycles. The normalized spacial score (nSPS) is 11.2. The highest BCUT2D eigenvalue weighted by Gasteiger charge is 2.11. The lowest BCUT2D eigenvalue weighted by Gasteiger charge is -2.07. The number of fused-ring (bicyclic) bond motifs is 1. The summed E-state index contributed by atoms with van der Waals surface area (Å²) in [7, 11) is 0. The van der Waals surface area contributed by atoms with Gasteiger partial charge in [0, 0.05) is 16.3 Å². The van der Waals surface area contributed by atoms with Gasteiger partial charge in [-0.3, -0.25) is 9.48 Å². The molecule has 1 heterocycles. The highest BCUT2D eigenvalue weighted by molar-refractivity contribution is 6.31. The first-order valence-electron chi connectivity index (χ1n) is 10.2. The second-order valence-electron chi connectivity index (χ2n) is 7.42. The molecule has 0 aliphatic rings. The van der Waals surface area contributed by atoms with Gasteiger partial charge >= 0.3 is 0 Å². The molecule has 4 aromatic rings. The predicted molar refractivity (Wildman–Crippen MR) is 127 cm³/mol. The molecule has 0 fully saturated rings. The molecule has 162 valence electrons. The number of aryl methyl sites for hydroxylation is 1. The van der Waals surface area contributed by atoms with Crippen molar-refractivity contribution in [2.24, 2.45) is 5.10 Å². The lowest BCUT2D eigenvalue weighted by Crippen LogP contribution is -2.24.